The largest absolute Gasteiger partial charge is 0.489 e. The first-order chi connectivity index (χ1) is 16.3. The van der Waals surface area contributed by atoms with Crippen LogP contribution in [0.4, 0.5) is 5.82 Å². The number of nitrogens with zero attached hydrogens (tertiary/aromatic N) is 2. The lowest BCUT2D eigenvalue weighted by Crippen LogP contribution is -2.07. The molecule has 0 saturated carbocycles. The van der Waals surface area contributed by atoms with Crippen LogP contribution in [-0.2, 0) is 13.0 Å². The van der Waals surface area contributed by atoms with E-state index < -0.39 is 0 Å². The molecule has 6 heteroatoms. The molecule has 166 valence electrons. The smallest absolute Gasteiger partial charge is 0.231 e. The average Bonchev–Trinajstić information content (AvgIpc) is 3.40. The second-order valence-electron chi connectivity index (χ2n) is 8.31. The highest BCUT2D eigenvalue weighted by Gasteiger charge is 2.23. The number of hydrogen-bond acceptors (Lipinski definition) is 5. The lowest BCUT2D eigenvalue weighted by molar-refractivity contribution is 0.174. The number of benzene rings is 3. The van der Waals surface area contributed by atoms with Crippen LogP contribution in [0.3, 0.4) is 0 Å². The summed E-state index contributed by atoms with van der Waals surface area (Å²) in [4.78, 5) is 0. The van der Waals surface area contributed by atoms with Gasteiger partial charge in [-0.1, -0.05) is 30.3 Å². The second kappa shape index (κ2) is 8.54. The minimum absolute atomic E-state index is 0.269. The summed E-state index contributed by atoms with van der Waals surface area (Å²) in [7, 11) is 0. The van der Waals surface area contributed by atoms with Gasteiger partial charge < -0.3 is 19.5 Å². The van der Waals surface area contributed by atoms with Gasteiger partial charge in [-0.15, -0.1) is 0 Å². The average molecular weight is 440 g/mol. The zero-order valence-electron chi connectivity index (χ0n) is 18.3. The van der Waals surface area contributed by atoms with Crippen molar-refractivity contribution in [1.29, 1.82) is 0 Å². The van der Waals surface area contributed by atoms with Crippen LogP contribution in [0.15, 0.2) is 72.8 Å². The van der Waals surface area contributed by atoms with E-state index >= 15 is 0 Å². The number of ether oxygens (including phenoxy) is 3. The van der Waals surface area contributed by atoms with Crippen molar-refractivity contribution in [1.82, 2.24) is 9.78 Å². The number of nitrogens with one attached hydrogen (secondary N) is 1. The van der Waals surface area contributed by atoms with Crippen molar-refractivity contribution >= 4 is 5.82 Å². The molecule has 0 aliphatic carbocycles. The van der Waals surface area contributed by atoms with E-state index in [4.69, 9.17) is 19.3 Å². The lowest BCUT2D eigenvalue weighted by atomic mass is 10.0. The van der Waals surface area contributed by atoms with E-state index in [2.05, 4.69) is 35.6 Å². The first-order valence-corrected chi connectivity index (χ1v) is 11.4. The third-order valence-corrected chi connectivity index (χ3v) is 6.11. The zero-order chi connectivity index (χ0) is 22.0. The summed E-state index contributed by atoms with van der Waals surface area (Å²) in [5, 5.41) is 8.65. The summed E-state index contributed by atoms with van der Waals surface area (Å²) in [5.74, 6) is 3.47. The molecule has 0 saturated heterocycles. The van der Waals surface area contributed by atoms with Gasteiger partial charge >= 0.3 is 0 Å². The number of anilines is 1. The van der Waals surface area contributed by atoms with E-state index in [9.17, 15) is 0 Å². The van der Waals surface area contributed by atoms with Crippen molar-refractivity contribution in [2.75, 3.05) is 18.7 Å². The zero-order valence-corrected chi connectivity index (χ0v) is 18.3. The molecule has 0 atom stereocenters. The number of hydrogen-bond donors (Lipinski definition) is 1. The molecule has 2 aliphatic heterocycles. The molecule has 0 spiro atoms. The Morgan fingerprint density at radius 1 is 0.909 bits per heavy atom. The summed E-state index contributed by atoms with van der Waals surface area (Å²) in [6.07, 6.45) is 3.27. The third-order valence-electron chi connectivity index (χ3n) is 6.11. The van der Waals surface area contributed by atoms with E-state index in [1.165, 1.54) is 5.56 Å². The molecule has 0 fully saturated rings. The summed E-state index contributed by atoms with van der Waals surface area (Å²) < 4.78 is 19.1. The molecule has 3 aromatic carbocycles. The SMILES string of the molecule is c1ccc(COc2ccc(-n3nc(-c4ccc5c(c4)OCO5)c4c3NCCCC4)cc2)cc1. The van der Waals surface area contributed by atoms with Gasteiger partial charge in [-0.2, -0.15) is 5.10 Å². The van der Waals surface area contributed by atoms with Crippen molar-refractivity contribution in [3.8, 4) is 34.2 Å². The third kappa shape index (κ3) is 3.89. The molecule has 0 radical (unpaired) electrons. The Balaban J connectivity index is 1.32. The Morgan fingerprint density at radius 3 is 2.64 bits per heavy atom. The molecule has 1 N–H and O–H groups in total. The van der Waals surface area contributed by atoms with Crippen LogP contribution < -0.4 is 19.5 Å². The minimum atomic E-state index is 0.269. The van der Waals surface area contributed by atoms with Gasteiger partial charge in [-0.25, -0.2) is 4.68 Å². The van der Waals surface area contributed by atoms with Gasteiger partial charge in [-0.3, -0.25) is 0 Å². The van der Waals surface area contributed by atoms with Gasteiger partial charge in [0.25, 0.3) is 0 Å². The fraction of sp³-hybridized carbons (Fsp3) is 0.222. The monoisotopic (exact) mass is 439 g/mol. The molecule has 0 amide bonds. The topological polar surface area (TPSA) is 57.5 Å². The van der Waals surface area contributed by atoms with E-state index in [0.29, 0.717) is 6.61 Å². The predicted molar refractivity (Wildman–Crippen MR) is 127 cm³/mol. The van der Waals surface area contributed by atoms with Crippen LogP contribution in [0.1, 0.15) is 24.0 Å². The molecule has 33 heavy (non-hydrogen) atoms. The standard InChI is InChI=1S/C27H25N3O3/c1-2-6-19(7-3-1)17-31-22-12-10-21(11-13-22)30-27-23(8-4-5-15-28-27)26(29-30)20-9-14-24-25(16-20)33-18-32-24/h1-3,6-7,9-14,16,28H,4-5,8,15,17-18H2. The highest BCUT2D eigenvalue weighted by Crippen LogP contribution is 2.39. The van der Waals surface area contributed by atoms with Crippen LogP contribution in [0, 0.1) is 0 Å². The number of aromatic nitrogens is 2. The van der Waals surface area contributed by atoms with Gasteiger partial charge in [0.15, 0.2) is 11.5 Å². The van der Waals surface area contributed by atoms with Gasteiger partial charge in [-0.05, 0) is 67.3 Å². The molecule has 0 unspecified atom stereocenters. The first-order valence-electron chi connectivity index (χ1n) is 11.4. The maximum Gasteiger partial charge on any atom is 0.231 e. The Morgan fingerprint density at radius 2 is 1.76 bits per heavy atom. The maximum atomic E-state index is 5.96. The maximum absolute atomic E-state index is 5.96. The first kappa shape index (κ1) is 19.7. The van der Waals surface area contributed by atoms with Crippen LogP contribution in [0.25, 0.3) is 16.9 Å². The minimum Gasteiger partial charge on any atom is -0.489 e. The van der Waals surface area contributed by atoms with E-state index in [-0.39, 0.29) is 6.79 Å². The van der Waals surface area contributed by atoms with Crippen molar-refractivity contribution in [2.24, 2.45) is 0 Å². The molecule has 2 aliphatic rings. The second-order valence-corrected chi connectivity index (χ2v) is 8.31. The van der Waals surface area contributed by atoms with Crippen molar-refractivity contribution in [3.63, 3.8) is 0 Å². The highest BCUT2D eigenvalue weighted by molar-refractivity contribution is 5.73. The number of rotatable bonds is 5. The van der Waals surface area contributed by atoms with E-state index in [1.54, 1.807) is 0 Å². The highest BCUT2D eigenvalue weighted by atomic mass is 16.7. The number of fused-ring (bicyclic) bond motifs is 2. The van der Waals surface area contributed by atoms with E-state index in [1.807, 2.05) is 47.1 Å². The lowest BCUT2D eigenvalue weighted by Gasteiger charge is -2.11. The summed E-state index contributed by atoms with van der Waals surface area (Å²) in [6.45, 7) is 1.76. The summed E-state index contributed by atoms with van der Waals surface area (Å²) in [6, 6.07) is 24.4. The fourth-order valence-corrected chi connectivity index (χ4v) is 4.39. The molecule has 4 aromatic rings. The Kier molecular flexibility index (Phi) is 5.11. The molecule has 0 bridgehead atoms. The van der Waals surface area contributed by atoms with Gasteiger partial charge in [0.05, 0.1) is 11.4 Å². The summed E-state index contributed by atoms with van der Waals surface area (Å²) >= 11 is 0. The Hall–Kier alpha value is -3.93. The van der Waals surface area contributed by atoms with Crippen LogP contribution in [-0.4, -0.2) is 23.1 Å². The van der Waals surface area contributed by atoms with Gasteiger partial charge in [0.1, 0.15) is 18.2 Å². The van der Waals surface area contributed by atoms with Crippen LogP contribution in [0.5, 0.6) is 17.2 Å². The van der Waals surface area contributed by atoms with Crippen LogP contribution >= 0.6 is 0 Å². The summed E-state index contributed by atoms with van der Waals surface area (Å²) in [5.41, 5.74) is 5.43. The van der Waals surface area contributed by atoms with Crippen molar-refractivity contribution in [3.05, 3.63) is 83.9 Å². The molecule has 1 aromatic heterocycles. The molecule has 6 nitrogen and oxygen atoms in total. The van der Waals surface area contributed by atoms with Gasteiger partial charge in [0.2, 0.25) is 6.79 Å². The normalized spacial score (nSPS) is 14.3. The molecule has 3 heterocycles. The fourth-order valence-electron chi connectivity index (χ4n) is 4.39. The molecular weight excluding hydrogens is 414 g/mol. The predicted octanol–water partition coefficient (Wildman–Crippen LogP) is 5.60. The molecule has 6 rings (SSSR count). The Labute approximate surface area is 192 Å². The Bertz CT molecular complexity index is 1270. The van der Waals surface area contributed by atoms with Crippen LogP contribution in [0.2, 0.25) is 0 Å². The van der Waals surface area contributed by atoms with Crippen molar-refractivity contribution in [2.45, 2.75) is 25.9 Å². The van der Waals surface area contributed by atoms with E-state index in [0.717, 1.165) is 71.4 Å². The van der Waals surface area contributed by atoms with Crippen molar-refractivity contribution < 1.29 is 14.2 Å². The quantitative estimate of drug-likeness (QED) is 0.439. The van der Waals surface area contributed by atoms with Gasteiger partial charge in [0, 0.05) is 17.7 Å². The molecular formula is C27H25N3O3.